The summed E-state index contributed by atoms with van der Waals surface area (Å²) in [5.74, 6) is 0. The predicted octanol–water partition coefficient (Wildman–Crippen LogP) is 3.09. The molecule has 0 fully saturated rings. The fourth-order valence-electron chi connectivity index (χ4n) is 2.53. The summed E-state index contributed by atoms with van der Waals surface area (Å²) in [6.07, 6.45) is 5.78. The Labute approximate surface area is 124 Å². The highest BCUT2D eigenvalue weighted by Gasteiger charge is 2.11. The fourth-order valence-corrected chi connectivity index (χ4v) is 2.53. The second-order valence-electron chi connectivity index (χ2n) is 5.21. The van der Waals surface area contributed by atoms with Crippen molar-refractivity contribution >= 4 is 5.69 Å². The molecule has 0 saturated heterocycles. The molecule has 1 unspecified atom stereocenters. The molecule has 0 spiro atoms. The van der Waals surface area contributed by atoms with Crippen LogP contribution in [0.25, 0.3) is 5.69 Å². The molecule has 2 heterocycles. The third-order valence-corrected chi connectivity index (χ3v) is 3.52. The first-order valence-electron chi connectivity index (χ1n) is 7.00. The maximum absolute atomic E-state index is 4.39. The van der Waals surface area contributed by atoms with E-state index < -0.39 is 0 Å². The highest BCUT2D eigenvalue weighted by molar-refractivity contribution is 5.52. The van der Waals surface area contributed by atoms with Gasteiger partial charge in [-0.15, -0.1) is 0 Å². The smallest absolute Gasteiger partial charge is 0.0666 e. The molecule has 0 amide bonds. The number of aromatic nitrogens is 4. The van der Waals surface area contributed by atoms with E-state index >= 15 is 0 Å². The lowest BCUT2D eigenvalue weighted by molar-refractivity contribution is 0.756. The zero-order valence-corrected chi connectivity index (χ0v) is 12.5. The fraction of sp³-hybridized carbons (Fsp3) is 0.250. The van der Waals surface area contributed by atoms with E-state index in [1.54, 1.807) is 6.20 Å². The molecule has 0 aliphatic heterocycles. The average Bonchev–Trinajstić information content (AvgIpc) is 3.08. The summed E-state index contributed by atoms with van der Waals surface area (Å²) in [4.78, 5) is 0. The largest absolute Gasteiger partial charge is 0.378 e. The van der Waals surface area contributed by atoms with Gasteiger partial charge in [0, 0.05) is 36.9 Å². The molecule has 0 aliphatic carbocycles. The van der Waals surface area contributed by atoms with Crippen molar-refractivity contribution in [3.63, 3.8) is 0 Å². The molecular weight excluding hydrogens is 262 g/mol. The topological polar surface area (TPSA) is 47.7 Å². The molecule has 21 heavy (non-hydrogen) atoms. The zero-order valence-electron chi connectivity index (χ0n) is 12.5. The van der Waals surface area contributed by atoms with Gasteiger partial charge in [-0.1, -0.05) is 6.07 Å². The first-order chi connectivity index (χ1) is 10.1. The van der Waals surface area contributed by atoms with Crippen LogP contribution < -0.4 is 5.32 Å². The Bertz CT molecular complexity index is 727. The highest BCUT2D eigenvalue weighted by atomic mass is 15.3. The van der Waals surface area contributed by atoms with E-state index in [0.717, 1.165) is 17.1 Å². The molecule has 2 aromatic heterocycles. The van der Waals surface area contributed by atoms with Crippen LogP contribution in [0.2, 0.25) is 0 Å². The Balaban J connectivity index is 1.82. The van der Waals surface area contributed by atoms with Gasteiger partial charge in [-0.2, -0.15) is 10.2 Å². The van der Waals surface area contributed by atoms with Crippen molar-refractivity contribution in [2.24, 2.45) is 7.05 Å². The van der Waals surface area contributed by atoms with Gasteiger partial charge in [-0.25, -0.2) is 4.68 Å². The summed E-state index contributed by atoms with van der Waals surface area (Å²) >= 11 is 0. The maximum Gasteiger partial charge on any atom is 0.0666 e. The Morgan fingerprint density at radius 1 is 1.24 bits per heavy atom. The molecule has 0 radical (unpaired) electrons. The Morgan fingerprint density at radius 3 is 2.76 bits per heavy atom. The molecular formula is C16H19N5. The first-order valence-corrected chi connectivity index (χ1v) is 7.00. The van der Waals surface area contributed by atoms with Crippen molar-refractivity contribution in [1.29, 1.82) is 0 Å². The number of nitrogens with one attached hydrogen (secondary N) is 1. The summed E-state index contributed by atoms with van der Waals surface area (Å²) in [5, 5.41) is 12.2. The summed E-state index contributed by atoms with van der Waals surface area (Å²) in [5.41, 5.74) is 4.38. The second kappa shape index (κ2) is 5.44. The molecule has 1 N–H and O–H groups in total. The van der Waals surface area contributed by atoms with Gasteiger partial charge in [0.2, 0.25) is 0 Å². The minimum atomic E-state index is 0.201. The molecule has 5 heteroatoms. The number of rotatable bonds is 4. The lowest BCUT2D eigenvalue weighted by Crippen LogP contribution is -2.07. The quantitative estimate of drug-likeness (QED) is 0.799. The van der Waals surface area contributed by atoms with Crippen LogP contribution in [0.5, 0.6) is 0 Å². The van der Waals surface area contributed by atoms with E-state index in [9.17, 15) is 0 Å². The van der Waals surface area contributed by atoms with Gasteiger partial charge in [0.1, 0.15) is 0 Å². The molecule has 3 rings (SSSR count). The third kappa shape index (κ3) is 2.81. The minimum Gasteiger partial charge on any atom is -0.378 e. The van der Waals surface area contributed by atoms with Crippen LogP contribution in [0.4, 0.5) is 5.69 Å². The van der Waals surface area contributed by atoms with Crippen molar-refractivity contribution in [2.45, 2.75) is 19.9 Å². The van der Waals surface area contributed by atoms with Crippen LogP contribution in [-0.2, 0) is 7.05 Å². The van der Waals surface area contributed by atoms with Gasteiger partial charge in [0.15, 0.2) is 0 Å². The van der Waals surface area contributed by atoms with Crippen molar-refractivity contribution < 1.29 is 0 Å². The normalized spacial score (nSPS) is 12.3. The molecule has 1 aromatic carbocycles. The van der Waals surface area contributed by atoms with Crippen molar-refractivity contribution in [3.05, 3.63) is 60.2 Å². The summed E-state index contributed by atoms with van der Waals surface area (Å²) in [6, 6.07) is 10.3. The standard InChI is InChI=1S/C16H19N5/c1-12(16-11-20(3)19-13(16)2)18-14-6-4-7-15(10-14)21-9-5-8-17-21/h4-12,18H,1-3H3. The van der Waals surface area contributed by atoms with Gasteiger partial charge < -0.3 is 5.32 Å². The first kappa shape index (κ1) is 13.4. The lowest BCUT2D eigenvalue weighted by Gasteiger charge is -2.15. The van der Waals surface area contributed by atoms with Gasteiger partial charge in [-0.3, -0.25) is 4.68 Å². The van der Waals surface area contributed by atoms with Crippen LogP contribution in [-0.4, -0.2) is 19.6 Å². The molecule has 1 atom stereocenters. The Morgan fingerprint density at radius 2 is 2.10 bits per heavy atom. The molecule has 0 saturated carbocycles. The molecule has 5 nitrogen and oxygen atoms in total. The molecule has 3 aromatic rings. The second-order valence-corrected chi connectivity index (χ2v) is 5.21. The monoisotopic (exact) mass is 281 g/mol. The number of hydrogen-bond donors (Lipinski definition) is 1. The van der Waals surface area contributed by atoms with E-state index in [4.69, 9.17) is 0 Å². The number of hydrogen-bond acceptors (Lipinski definition) is 3. The number of anilines is 1. The predicted molar refractivity (Wildman–Crippen MR) is 83.5 cm³/mol. The Hall–Kier alpha value is -2.56. The zero-order chi connectivity index (χ0) is 14.8. The minimum absolute atomic E-state index is 0.201. The molecule has 0 bridgehead atoms. The van der Waals surface area contributed by atoms with Gasteiger partial charge in [0.25, 0.3) is 0 Å². The molecule has 108 valence electrons. The van der Waals surface area contributed by atoms with Crippen LogP contribution >= 0.6 is 0 Å². The lowest BCUT2D eigenvalue weighted by atomic mass is 10.1. The number of benzene rings is 1. The van der Waals surface area contributed by atoms with Crippen LogP contribution in [0.3, 0.4) is 0 Å². The Kier molecular flexibility index (Phi) is 3.48. The van der Waals surface area contributed by atoms with Crippen molar-refractivity contribution in [1.82, 2.24) is 19.6 Å². The number of aryl methyl sites for hydroxylation is 2. The van der Waals surface area contributed by atoms with E-state index in [1.165, 1.54) is 5.56 Å². The number of nitrogens with zero attached hydrogens (tertiary/aromatic N) is 4. The summed E-state index contributed by atoms with van der Waals surface area (Å²) in [7, 11) is 1.95. The summed E-state index contributed by atoms with van der Waals surface area (Å²) < 4.78 is 3.70. The van der Waals surface area contributed by atoms with E-state index in [1.807, 2.05) is 47.7 Å². The van der Waals surface area contributed by atoms with Gasteiger partial charge in [-0.05, 0) is 38.1 Å². The maximum atomic E-state index is 4.39. The van der Waals surface area contributed by atoms with E-state index in [-0.39, 0.29) is 6.04 Å². The van der Waals surface area contributed by atoms with Crippen LogP contribution in [0.15, 0.2) is 48.9 Å². The average molecular weight is 281 g/mol. The van der Waals surface area contributed by atoms with Gasteiger partial charge >= 0.3 is 0 Å². The SMILES string of the molecule is Cc1nn(C)cc1C(C)Nc1cccc(-n2cccn2)c1. The molecule has 0 aliphatic rings. The van der Waals surface area contributed by atoms with Crippen LogP contribution in [0, 0.1) is 6.92 Å². The van der Waals surface area contributed by atoms with Crippen LogP contribution in [0.1, 0.15) is 24.2 Å². The van der Waals surface area contributed by atoms with Gasteiger partial charge in [0.05, 0.1) is 17.4 Å². The van der Waals surface area contributed by atoms with Crippen molar-refractivity contribution in [2.75, 3.05) is 5.32 Å². The van der Waals surface area contributed by atoms with E-state index in [2.05, 4.69) is 40.8 Å². The van der Waals surface area contributed by atoms with E-state index in [0.29, 0.717) is 0 Å². The summed E-state index contributed by atoms with van der Waals surface area (Å²) in [6.45, 7) is 4.18. The third-order valence-electron chi connectivity index (χ3n) is 3.52. The highest BCUT2D eigenvalue weighted by Crippen LogP contribution is 2.22. The van der Waals surface area contributed by atoms with Crippen molar-refractivity contribution in [3.8, 4) is 5.69 Å².